The van der Waals surface area contributed by atoms with Gasteiger partial charge in [-0.15, -0.1) is 0 Å². The van der Waals surface area contributed by atoms with E-state index in [1.807, 2.05) is 17.0 Å². The molecule has 2 aliphatic heterocycles. The second-order valence-electron chi connectivity index (χ2n) is 6.43. The molecule has 4 bridgehead atoms. The van der Waals surface area contributed by atoms with Gasteiger partial charge in [0.15, 0.2) is 0 Å². The van der Waals surface area contributed by atoms with E-state index < -0.39 is 10.0 Å². The molecule has 0 amide bonds. The highest BCUT2D eigenvalue weighted by Gasteiger charge is 2.26. The summed E-state index contributed by atoms with van der Waals surface area (Å²) >= 11 is 0. The lowest BCUT2D eigenvalue weighted by Gasteiger charge is -2.32. The second kappa shape index (κ2) is 7.34. The smallest absolute Gasteiger partial charge is 0.246 e. The summed E-state index contributed by atoms with van der Waals surface area (Å²) < 4.78 is 39.1. The fraction of sp³-hybridized carbons (Fsp3) is 0.389. The van der Waals surface area contributed by atoms with Crippen molar-refractivity contribution in [1.29, 1.82) is 0 Å². The molecule has 0 unspecified atom stereocenters. The van der Waals surface area contributed by atoms with Crippen LogP contribution in [-0.2, 0) is 16.6 Å². The lowest BCUT2D eigenvalue weighted by atomic mass is 10.1. The highest BCUT2D eigenvalue weighted by atomic mass is 32.2. The highest BCUT2D eigenvalue weighted by molar-refractivity contribution is 7.89. The van der Waals surface area contributed by atoms with Crippen molar-refractivity contribution in [1.82, 2.24) is 15.0 Å². The van der Waals surface area contributed by atoms with Crippen molar-refractivity contribution in [2.24, 2.45) is 0 Å². The summed E-state index contributed by atoms with van der Waals surface area (Å²) in [6.45, 7) is 2.86. The normalized spacial score (nSPS) is 18.9. The van der Waals surface area contributed by atoms with Crippen LogP contribution in [0.2, 0.25) is 0 Å². The largest absolute Gasteiger partial charge is 0.490 e. The summed E-state index contributed by atoms with van der Waals surface area (Å²) in [7, 11) is -2.31. The van der Waals surface area contributed by atoms with Gasteiger partial charge >= 0.3 is 0 Å². The first-order valence-electron chi connectivity index (χ1n) is 8.86. The molecule has 2 aromatic rings. The Morgan fingerprint density at radius 2 is 2.15 bits per heavy atom. The summed E-state index contributed by atoms with van der Waals surface area (Å²) in [5.41, 5.74) is 2.73. The van der Waals surface area contributed by atoms with E-state index in [4.69, 9.17) is 9.47 Å². The number of nitrogens with one attached hydrogen (secondary N) is 2. The fourth-order valence-electron chi connectivity index (χ4n) is 3.29. The molecular formula is C18H22N4O4S. The minimum absolute atomic E-state index is 0.0386. The van der Waals surface area contributed by atoms with Gasteiger partial charge in [-0.2, -0.15) is 0 Å². The predicted octanol–water partition coefficient (Wildman–Crippen LogP) is 1.39. The van der Waals surface area contributed by atoms with Gasteiger partial charge in [0.1, 0.15) is 17.3 Å². The molecule has 0 fully saturated rings. The molecule has 144 valence electrons. The summed E-state index contributed by atoms with van der Waals surface area (Å²) in [5.74, 6) is 0.856. The topological polar surface area (TPSA) is 92.8 Å². The van der Waals surface area contributed by atoms with Crippen molar-refractivity contribution in [3.05, 3.63) is 36.0 Å². The van der Waals surface area contributed by atoms with Crippen LogP contribution in [0.25, 0.3) is 0 Å². The third kappa shape index (κ3) is 3.58. The van der Waals surface area contributed by atoms with Gasteiger partial charge in [0.2, 0.25) is 15.9 Å². The molecule has 3 heterocycles. The number of sulfonamides is 1. The number of ether oxygens (including phenoxy) is 2. The van der Waals surface area contributed by atoms with Gasteiger partial charge in [-0.05, 0) is 36.7 Å². The average molecular weight is 390 g/mol. The van der Waals surface area contributed by atoms with E-state index in [0.29, 0.717) is 44.9 Å². The minimum Gasteiger partial charge on any atom is -0.490 e. The molecule has 0 aliphatic carbocycles. The molecule has 2 N–H and O–H groups in total. The molecule has 0 saturated heterocycles. The van der Waals surface area contributed by atoms with Gasteiger partial charge in [-0.25, -0.2) is 18.1 Å². The Labute approximate surface area is 158 Å². The van der Waals surface area contributed by atoms with E-state index >= 15 is 0 Å². The number of fused-ring (bicyclic) bond motifs is 4. The Bertz CT molecular complexity index is 948. The van der Waals surface area contributed by atoms with Crippen LogP contribution in [0.5, 0.6) is 11.6 Å². The molecule has 1 aromatic carbocycles. The Hall–Kier alpha value is -2.36. The number of anilines is 2. The number of hydrogen-bond donors (Lipinski definition) is 2. The molecule has 0 saturated carbocycles. The van der Waals surface area contributed by atoms with Crippen LogP contribution >= 0.6 is 0 Å². The van der Waals surface area contributed by atoms with Gasteiger partial charge in [-0.1, -0.05) is 6.07 Å². The molecule has 9 heteroatoms. The molecule has 1 aromatic heterocycles. The van der Waals surface area contributed by atoms with Gasteiger partial charge in [-0.3, -0.25) is 0 Å². The molecule has 4 rings (SSSR count). The Kier molecular flexibility index (Phi) is 4.90. The van der Waals surface area contributed by atoms with Crippen LogP contribution in [0.3, 0.4) is 0 Å². The van der Waals surface area contributed by atoms with Crippen molar-refractivity contribution in [3.63, 3.8) is 0 Å². The molecule has 27 heavy (non-hydrogen) atoms. The van der Waals surface area contributed by atoms with Crippen LogP contribution in [0.1, 0.15) is 12.0 Å². The zero-order valence-electron chi connectivity index (χ0n) is 15.1. The maximum absolute atomic E-state index is 12.8. The zero-order chi connectivity index (χ0) is 18.9. The van der Waals surface area contributed by atoms with E-state index in [-0.39, 0.29) is 10.8 Å². The van der Waals surface area contributed by atoms with Crippen LogP contribution < -0.4 is 24.4 Å². The van der Waals surface area contributed by atoms with E-state index in [0.717, 1.165) is 17.0 Å². The van der Waals surface area contributed by atoms with E-state index in [2.05, 4.69) is 21.1 Å². The second-order valence-corrected chi connectivity index (χ2v) is 8.17. The quantitative estimate of drug-likeness (QED) is 0.760. The van der Waals surface area contributed by atoms with Crippen molar-refractivity contribution in [2.75, 3.05) is 38.3 Å². The number of hydrogen-bond acceptors (Lipinski definition) is 7. The minimum atomic E-state index is -3.73. The Morgan fingerprint density at radius 3 is 3.00 bits per heavy atom. The molecule has 8 nitrogen and oxygen atoms in total. The maximum Gasteiger partial charge on any atom is 0.246 e. The number of nitrogens with zero attached hydrogens (tertiary/aromatic N) is 2. The third-order valence-electron chi connectivity index (χ3n) is 4.64. The number of pyridine rings is 1. The standard InChI is InChI=1S/C18H22N4O4S/c1-25-18-17-10-14(12-20-18)22-7-8-26-16-4-3-13(9-15(16)22)11-19-5-2-6-21-27(17,23)24/h3-4,9-10,12,19,21H,2,5-8,11H2,1H3. The van der Waals surface area contributed by atoms with E-state index in [9.17, 15) is 8.42 Å². The number of rotatable bonds is 1. The van der Waals surface area contributed by atoms with Gasteiger partial charge < -0.3 is 19.7 Å². The SMILES string of the molecule is COc1ncc2cc1S(=O)(=O)NCCCNCc1ccc3c(c1)N2CCO3. The molecule has 0 radical (unpaired) electrons. The predicted molar refractivity (Wildman–Crippen MR) is 101 cm³/mol. The van der Waals surface area contributed by atoms with Crippen molar-refractivity contribution in [3.8, 4) is 11.6 Å². The first-order chi connectivity index (χ1) is 13.1. The number of benzene rings is 1. The Morgan fingerprint density at radius 1 is 1.26 bits per heavy atom. The van der Waals surface area contributed by atoms with Gasteiger partial charge in [0.05, 0.1) is 31.2 Å². The monoisotopic (exact) mass is 390 g/mol. The molecular weight excluding hydrogens is 368 g/mol. The van der Waals surface area contributed by atoms with Crippen molar-refractivity contribution >= 4 is 21.4 Å². The Balaban J connectivity index is 1.86. The zero-order valence-corrected chi connectivity index (χ0v) is 15.9. The summed E-state index contributed by atoms with van der Waals surface area (Å²) in [6, 6.07) is 7.69. The summed E-state index contributed by atoms with van der Waals surface area (Å²) in [5, 5.41) is 3.34. The summed E-state index contributed by atoms with van der Waals surface area (Å²) in [6.07, 6.45) is 2.30. The van der Waals surface area contributed by atoms with Crippen LogP contribution in [0.4, 0.5) is 11.4 Å². The maximum atomic E-state index is 12.8. The van der Waals surface area contributed by atoms with Gasteiger partial charge in [0, 0.05) is 13.1 Å². The number of aromatic nitrogens is 1. The average Bonchev–Trinajstić information content (AvgIpc) is 2.69. The first-order valence-corrected chi connectivity index (χ1v) is 10.3. The number of methoxy groups -OCH3 is 1. The molecule has 0 atom stereocenters. The van der Waals surface area contributed by atoms with Crippen LogP contribution in [-0.4, -0.2) is 46.8 Å². The van der Waals surface area contributed by atoms with Crippen molar-refractivity contribution in [2.45, 2.75) is 17.9 Å². The molecule has 2 aliphatic rings. The lowest BCUT2D eigenvalue weighted by Crippen LogP contribution is -2.31. The lowest BCUT2D eigenvalue weighted by molar-refractivity contribution is 0.314. The van der Waals surface area contributed by atoms with Crippen LogP contribution in [0.15, 0.2) is 35.4 Å². The fourth-order valence-corrected chi connectivity index (χ4v) is 4.50. The third-order valence-corrected chi connectivity index (χ3v) is 6.09. The van der Waals surface area contributed by atoms with Gasteiger partial charge in [0.25, 0.3) is 0 Å². The molecule has 0 spiro atoms. The van der Waals surface area contributed by atoms with E-state index in [1.165, 1.54) is 7.11 Å². The van der Waals surface area contributed by atoms with Crippen molar-refractivity contribution < 1.29 is 17.9 Å². The first kappa shape index (κ1) is 18.0. The highest BCUT2D eigenvalue weighted by Crippen LogP contribution is 2.38. The van der Waals surface area contributed by atoms with E-state index in [1.54, 1.807) is 12.3 Å². The van der Waals surface area contributed by atoms with Crippen LogP contribution in [0, 0.1) is 0 Å². The summed E-state index contributed by atoms with van der Waals surface area (Å²) in [4.78, 5) is 6.31.